The second-order valence-electron chi connectivity index (χ2n) is 8.35. The Labute approximate surface area is 232 Å². The molecule has 5 rings (SSSR count). The molecule has 1 aliphatic heterocycles. The van der Waals surface area contributed by atoms with Crippen LogP contribution in [0.4, 0.5) is 0 Å². The van der Waals surface area contributed by atoms with Crippen molar-refractivity contribution in [2.45, 2.75) is 13.0 Å². The standard InChI is InChI=1S/C29H22Cl2N2O4S/c1-3-37-28(35)23-25(17-8-5-4-6-9-17)32-29-33(26(23)18-12-14-20(36-2)15-13-18)27(34)22(38-29)16-19-10-7-11-21(30)24(19)31/h4-16,26H,3H2,1-2H3/b22-16-/t26-/m1/s1. The van der Waals surface area contributed by atoms with Crippen LogP contribution in [0.3, 0.4) is 0 Å². The van der Waals surface area contributed by atoms with Crippen LogP contribution in [0, 0.1) is 0 Å². The number of esters is 1. The maximum Gasteiger partial charge on any atom is 0.338 e. The highest BCUT2D eigenvalue weighted by atomic mass is 35.5. The molecule has 2 heterocycles. The second-order valence-corrected chi connectivity index (χ2v) is 10.1. The van der Waals surface area contributed by atoms with Gasteiger partial charge >= 0.3 is 5.97 Å². The van der Waals surface area contributed by atoms with Crippen LogP contribution in [0.25, 0.3) is 11.8 Å². The molecule has 9 heteroatoms. The fraction of sp³-hybridized carbons (Fsp3) is 0.138. The largest absolute Gasteiger partial charge is 0.497 e. The molecule has 1 aliphatic rings. The van der Waals surface area contributed by atoms with E-state index in [0.29, 0.717) is 42.0 Å². The number of aromatic nitrogens is 1. The predicted octanol–water partition coefficient (Wildman–Crippen LogP) is 5.25. The summed E-state index contributed by atoms with van der Waals surface area (Å²) in [4.78, 5) is 32.7. The Hall–Kier alpha value is -3.65. The van der Waals surface area contributed by atoms with Gasteiger partial charge in [-0.25, -0.2) is 9.79 Å². The summed E-state index contributed by atoms with van der Waals surface area (Å²) in [6.07, 6.45) is 1.69. The summed E-state index contributed by atoms with van der Waals surface area (Å²) >= 11 is 13.8. The van der Waals surface area contributed by atoms with Crippen molar-refractivity contribution < 1.29 is 14.3 Å². The van der Waals surface area contributed by atoms with Crippen LogP contribution in [-0.2, 0) is 9.53 Å². The number of carbonyl (C=O) groups is 1. The van der Waals surface area contributed by atoms with E-state index in [0.717, 1.165) is 5.56 Å². The molecule has 0 aliphatic carbocycles. The number of benzene rings is 3. The van der Waals surface area contributed by atoms with Crippen molar-refractivity contribution in [3.63, 3.8) is 0 Å². The minimum Gasteiger partial charge on any atom is -0.497 e. The highest BCUT2D eigenvalue weighted by Gasteiger charge is 2.35. The first kappa shape index (κ1) is 26.0. The molecular formula is C29H22Cl2N2O4S. The average Bonchev–Trinajstić information content (AvgIpc) is 3.25. The maximum absolute atomic E-state index is 13.9. The normalized spacial score (nSPS) is 15.2. The van der Waals surface area contributed by atoms with Crippen LogP contribution in [0.15, 0.2) is 88.2 Å². The Morgan fingerprint density at radius 1 is 1.05 bits per heavy atom. The first-order chi connectivity index (χ1) is 18.4. The van der Waals surface area contributed by atoms with E-state index in [1.165, 1.54) is 15.9 Å². The lowest BCUT2D eigenvalue weighted by molar-refractivity contribution is -0.138. The summed E-state index contributed by atoms with van der Waals surface area (Å²) in [5.74, 6) is 0.116. The zero-order valence-corrected chi connectivity index (χ0v) is 22.8. The van der Waals surface area contributed by atoms with Crippen LogP contribution >= 0.6 is 34.5 Å². The number of hydrogen-bond acceptors (Lipinski definition) is 6. The molecule has 0 unspecified atom stereocenters. The fourth-order valence-electron chi connectivity index (χ4n) is 4.32. The molecule has 0 N–H and O–H groups in total. The first-order valence-corrected chi connectivity index (χ1v) is 13.4. The quantitative estimate of drug-likeness (QED) is 0.300. The van der Waals surface area contributed by atoms with Crippen molar-refractivity contribution in [3.8, 4) is 5.75 Å². The van der Waals surface area contributed by atoms with E-state index in [4.69, 9.17) is 37.7 Å². The zero-order chi connectivity index (χ0) is 26.8. The van der Waals surface area contributed by atoms with Crippen molar-refractivity contribution >= 4 is 52.3 Å². The van der Waals surface area contributed by atoms with Gasteiger partial charge in [0, 0.05) is 5.56 Å². The highest BCUT2D eigenvalue weighted by Crippen LogP contribution is 2.35. The van der Waals surface area contributed by atoms with E-state index in [-0.39, 0.29) is 17.7 Å². The monoisotopic (exact) mass is 564 g/mol. The van der Waals surface area contributed by atoms with Crippen molar-refractivity contribution in [1.29, 1.82) is 0 Å². The Morgan fingerprint density at radius 3 is 2.47 bits per heavy atom. The molecule has 0 radical (unpaired) electrons. The van der Waals surface area contributed by atoms with E-state index in [1.54, 1.807) is 50.4 Å². The average molecular weight is 565 g/mol. The molecular weight excluding hydrogens is 543 g/mol. The predicted molar refractivity (Wildman–Crippen MR) is 151 cm³/mol. The number of nitrogens with zero attached hydrogens (tertiary/aromatic N) is 2. The molecule has 1 aromatic heterocycles. The van der Waals surface area contributed by atoms with Gasteiger partial charge in [-0.1, -0.05) is 89.1 Å². The Kier molecular flexibility index (Phi) is 7.51. The van der Waals surface area contributed by atoms with Crippen molar-refractivity contribution in [3.05, 3.63) is 125 Å². The fourth-order valence-corrected chi connectivity index (χ4v) is 5.67. The molecule has 38 heavy (non-hydrogen) atoms. The molecule has 3 aromatic carbocycles. The molecule has 1 atom stereocenters. The van der Waals surface area contributed by atoms with Crippen LogP contribution in [0.5, 0.6) is 5.75 Å². The molecule has 0 amide bonds. The number of halogens is 2. The van der Waals surface area contributed by atoms with Gasteiger partial charge in [0.2, 0.25) is 0 Å². The first-order valence-electron chi connectivity index (χ1n) is 11.8. The number of fused-ring (bicyclic) bond motifs is 1. The van der Waals surface area contributed by atoms with Gasteiger partial charge in [0.15, 0.2) is 4.80 Å². The van der Waals surface area contributed by atoms with Gasteiger partial charge in [-0.15, -0.1) is 0 Å². The molecule has 0 fully saturated rings. The van der Waals surface area contributed by atoms with Crippen LogP contribution < -0.4 is 19.6 Å². The lowest BCUT2D eigenvalue weighted by atomic mass is 9.93. The van der Waals surface area contributed by atoms with E-state index in [9.17, 15) is 9.59 Å². The summed E-state index contributed by atoms with van der Waals surface area (Å²) in [6, 6.07) is 21.1. The third-order valence-corrected chi connectivity index (χ3v) is 7.89. The number of methoxy groups -OCH3 is 1. The van der Waals surface area contributed by atoms with Crippen LogP contribution in [-0.4, -0.2) is 24.3 Å². The number of carbonyl (C=O) groups excluding carboxylic acids is 1. The van der Waals surface area contributed by atoms with Crippen molar-refractivity contribution in [1.82, 2.24) is 4.57 Å². The molecule has 4 aromatic rings. The number of thiazole rings is 1. The molecule has 0 spiro atoms. The summed E-state index contributed by atoms with van der Waals surface area (Å²) in [5.41, 5.74) is 2.49. The lowest BCUT2D eigenvalue weighted by Gasteiger charge is -2.26. The van der Waals surface area contributed by atoms with Gasteiger partial charge in [-0.2, -0.15) is 0 Å². The number of hydrogen-bond donors (Lipinski definition) is 0. The molecule has 0 saturated heterocycles. The van der Waals surface area contributed by atoms with E-state index >= 15 is 0 Å². The van der Waals surface area contributed by atoms with Gasteiger partial charge in [-0.05, 0) is 42.3 Å². The second kappa shape index (κ2) is 11.0. The highest BCUT2D eigenvalue weighted by molar-refractivity contribution is 7.07. The topological polar surface area (TPSA) is 69.9 Å². The summed E-state index contributed by atoms with van der Waals surface area (Å²) in [6.45, 7) is 1.92. The van der Waals surface area contributed by atoms with Crippen LogP contribution in [0.2, 0.25) is 10.0 Å². The van der Waals surface area contributed by atoms with Gasteiger partial charge < -0.3 is 9.47 Å². The van der Waals surface area contributed by atoms with E-state index in [2.05, 4.69) is 0 Å². The van der Waals surface area contributed by atoms with E-state index < -0.39 is 12.0 Å². The summed E-state index contributed by atoms with van der Waals surface area (Å²) < 4.78 is 12.8. The minimum atomic E-state index is -0.775. The smallest absolute Gasteiger partial charge is 0.338 e. The number of rotatable bonds is 6. The van der Waals surface area contributed by atoms with Crippen molar-refractivity contribution in [2.75, 3.05) is 13.7 Å². The molecule has 192 valence electrons. The minimum absolute atomic E-state index is 0.178. The van der Waals surface area contributed by atoms with E-state index in [1.807, 2.05) is 42.5 Å². The third-order valence-electron chi connectivity index (χ3n) is 6.07. The lowest BCUT2D eigenvalue weighted by Crippen LogP contribution is -2.40. The Morgan fingerprint density at radius 2 is 1.79 bits per heavy atom. The van der Waals surface area contributed by atoms with Gasteiger partial charge in [-0.3, -0.25) is 9.36 Å². The molecule has 0 bridgehead atoms. The van der Waals surface area contributed by atoms with Gasteiger partial charge in [0.1, 0.15) is 5.75 Å². The zero-order valence-electron chi connectivity index (χ0n) is 20.5. The summed E-state index contributed by atoms with van der Waals surface area (Å²) in [7, 11) is 1.58. The molecule has 0 saturated carbocycles. The third kappa shape index (κ3) is 4.80. The molecule has 6 nitrogen and oxygen atoms in total. The van der Waals surface area contributed by atoms with Gasteiger partial charge in [0.05, 0.1) is 45.6 Å². The Bertz CT molecular complexity index is 1730. The SMILES string of the molecule is CCOC(=O)C1=C(c2ccccc2)N=c2s/c(=C\c3cccc(Cl)c3Cl)c(=O)n2[C@@H]1c1ccc(OC)cc1. The number of ether oxygens (including phenoxy) is 2. The Balaban J connectivity index is 1.83. The maximum atomic E-state index is 13.9. The van der Waals surface area contributed by atoms with Crippen LogP contribution in [0.1, 0.15) is 29.7 Å². The van der Waals surface area contributed by atoms with Crippen molar-refractivity contribution in [2.24, 2.45) is 4.99 Å². The van der Waals surface area contributed by atoms with Gasteiger partial charge in [0.25, 0.3) is 5.56 Å². The summed E-state index contributed by atoms with van der Waals surface area (Å²) in [5, 5.41) is 0.740.